The lowest BCUT2D eigenvalue weighted by molar-refractivity contribution is -0.221. The van der Waals surface area contributed by atoms with Crippen molar-refractivity contribution in [2.45, 2.75) is 154 Å². The number of sulfonamides is 1. The molecule has 4 amide bonds. The van der Waals surface area contributed by atoms with Gasteiger partial charge in [-0.2, -0.15) is 4.31 Å². The normalized spacial score (nSPS) is 13.8. The van der Waals surface area contributed by atoms with Crippen LogP contribution >= 0.6 is 11.8 Å². The van der Waals surface area contributed by atoms with Crippen LogP contribution in [0.25, 0.3) is 22.3 Å². The quantitative estimate of drug-likeness (QED) is 0.00771. The SMILES string of the molecule is CCC(=O)N[C@@H](CCCCN)C(=O)Nc1ccc(COC(=O)O[C@]2(CC)C(=O)OCc3c2cc2n(c3=O)Cc3c-2nc2ccccc2c3CCN(C(C)C)S(C)(=O)=O)cc1.COCC(=O)NCCCOCOCOCOCOCOCOCOCCCn1cc(CNC(=O)CCCC#Cc2cnc(SC)nc2)nn1. The van der Waals surface area contributed by atoms with E-state index in [9.17, 15) is 42.0 Å². The van der Waals surface area contributed by atoms with Gasteiger partial charge in [-0.05, 0) is 113 Å². The number of amides is 4. The maximum atomic E-state index is 14.3. The first-order valence-electron chi connectivity index (χ1n) is 35.7. The Morgan fingerprint density at radius 2 is 1.50 bits per heavy atom. The summed E-state index contributed by atoms with van der Waals surface area (Å²) in [5, 5.41) is 20.8. The van der Waals surface area contributed by atoms with Crippen molar-refractivity contribution in [3.63, 3.8) is 0 Å². The molecule has 4 aromatic heterocycles. The van der Waals surface area contributed by atoms with E-state index < -0.39 is 39.4 Å². The van der Waals surface area contributed by atoms with E-state index in [0.717, 1.165) is 28.5 Å². The van der Waals surface area contributed by atoms with E-state index in [2.05, 4.69) is 53.4 Å². The van der Waals surface area contributed by atoms with Gasteiger partial charge in [0.15, 0.2) is 39.1 Å². The molecule has 2 atom stereocenters. The number of thioether (sulfide) groups is 1. The van der Waals surface area contributed by atoms with Gasteiger partial charge in [0, 0.05) is 86.6 Å². The van der Waals surface area contributed by atoms with Crippen molar-refractivity contribution in [1.82, 2.24) is 54.8 Å². The standard InChI is InChI=1S/C43H52N6O10S.C30H47N7O11S/c1-6-37(50)46-35(14-10-11-20-44)39(51)45-28-17-15-27(16-18-28)24-58-42(54)59-43(7-2)33-22-36-38-31(23-48(36)40(52)32(33)25-57-41(43)53)29(30-12-8-9-13-34(30)47-38)19-21-49(26(3)4)60(5,55)56;1-40-18-29(39)31-10-6-12-41-19-43-21-45-23-47-25-48-24-46-22-44-20-42-13-7-11-37-17-27(35-36-37)16-32-28(38)9-5-3-4-8-26-14-33-30(49-2)34-15-26/h8-9,12-13,15-18,22,26,35H,6-7,10-11,14,19-21,23-25,44H2,1-5H3,(H,45,51)(H,46,50);14-15,17H,3,5-7,9-13,16,18-25H2,1-2H3,(H,31,39)(H,32,38)/t35-,43-;/m0./s1. The molecular weight excluding hydrogens is 1460 g/mol. The van der Waals surface area contributed by atoms with Crippen molar-refractivity contribution in [2.75, 3.05) is 112 Å². The Morgan fingerprint density at radius 3 is 2.15 bits per heavy atom. The molecule has 6 N–H and O–H groups in total. The van der Waals surface area contributed by atoms with Gasteiger partial charge in [-0.3, -0.25) is 28.7 Å². The molecule has 0 aliphatic carbocycles. The first kappa shape index (κ1) is 87.3. The number of pyridine rings is 2. The Labute approximate surface area is 637 Å². The van der Waals surface area contributed by atoms with Gasteiger partial charge in [-0.25, -0.2) is 33.0 Å². The van der Waals surface area contributed by atoms with Crippen molar-refractivity contribution in [3.8, 4) is 23.2 Å². The third-order valence-corrected chi connectivity index (χ3v) is 18.8. The van der Waals surface area contributed by atoms with Gasteiger partial charge in [0.25, 0.3) is 5.56 Å². The Kier molecular flexibility index (Phi) is 37.3. The largest absolute Gasteiger partial charge is 0.510 e. The summed E-state index contributed by atoms with van der Waals surface area (Å²) in [5.74, 6) is 4.36. The van der Waals surface area contributed by atoms with Crippen LogP contribution in [-0.2, 0) is 136 Å². The van der Waals surface area contributed by atoms with Crippen LogP contribution in [0, 0.1) is 11.8 Å². The van der Waals surface area contributed by atoms with Crippen LogP contribution in [0.15, 0.2) is 83.1 Å². The summed E-state index contributed by atoms with van der Waals surface area (Å²) >= 11 is 1.48. The Morgan fingerprint density at radius 1 is 0.826 bits per heavy atom. The highest BCUT2D eigenvalue weighted by atomic mass is 32.2. The second kappa shape index (κ2) is 46.5. The Bertz CT molecular complexity index is 4160. The average molecular weight is 1560 g/mol. The third kappa shape index (κ3) is 28.2. The monoisotopic (exact) mass is 1560 g/mol. The van der Waals surface area contributed by atoms with Crippen molar-refractivity contribution in [3.05, 3.63) is 123 Å². The average Bonchev–Trinajstić information content (AvgIpc) is 1.62. The topological polar surface area (TPSA) is 416 Å². The molecule has 34 nitrogen and oxygen atoms in total. The molecule has 109 heavy (non-hydrogen) atoms. The number of hydrogen-bond acceptors (Lipinski definition) is 28. The number of cyclic esters (lactones) is 1. The van der Waals surface area contributed by atoms with Crippen LogP contribution in [0.2, 0.25) is 0 Å². The fourth-order valence-electron chi connectivity index (χ4n) is 11.3. The number of para-hydroxylation sites is 1. The van der Waals surface area contributed by atoms with E-state index >= 15 is 0 Å². The molecule has 6 heterocycles. The minimum atomic E-state index is -3.50. The molecule has 0 saturated carbocycles. The number of hydrogen-bond donors (Lipinski definition) is 5. The highest BCUT2D eigenvalue weighted by molar-refractivity contribution is 7.98. The number of aryl methyl sites for hydroxylation is 1. The second-order valence-electron chi connectivity index (χ2n) is 25.0. The van der Waals surface area contributed by atoms with Crippen molar-refractivity contribution in [2.24, 2.45) is 5.73 Å². The van der Waals surface area contributed by atoms with E-state index in [4.69, 9.17) is 67.6 Å². The van der Waals surface area contributed by atoms with Crippen LogP contribution in [0.3, 0.4) is 0 Å². The van der Waals surface area contributed by atoms with Crippen LogP contribution in [0.1, 0.15) is 131 Å². The summed E-state index contributed by atoms with van der Waals surface area (Å²) in [6.45, 7) is 9.69. The molecule has 0 unspecified atom stereocenters. The number of nitrogens with two attached hydrogens (primary N) is 1. The molecule has 8 rings (SSSR count). The number of carbonyl (C=O) groups excluding carboxylic acids is 6. The van der Waals surface area contributed by atoms with Crippen LogP contribution in [-0.4, -0.2) is 202 Å². The van der Waals surface area contributed by atoms with E-state index in [1.807, 2.05) is 44.4 Å². The number of nitrogens with one attached hydrogen (secondary N) is 4. The zero-order valence-electron chi connectivity index (χ0n) is 62.6. The number of rotatable bonds is 47. The molecule has 6 aromatic rings. The van der Waals surface area contributed by atoms with Crippen LogP contribution in [0.5, 0.6) is 0 Å². The van der Waals surface area contributed by atoms with Gasteiger partial charge in [0.05, 0.1) is 66.8 Å². The molecular formula is C73H99N13O21S2. The smallest absolute Gasteiger partial charge is 0.457 e. The molecule has 2 aliphatic rings. The number of carbonyl (C=O) groups is 6. The van der Waals surface area contributed by atoms with Gasteiger partial charge in [-0.1, -0.05) is 73.0 Å². The lowest BCUT2D eigenvalue weighted by Crippen LogP contribution is -2.47. The van der Waals surface area contributed by atoms with E-state index in [1.54, 1.807) is 72.0 Å². The van der Waals surface area contributed by atoms with Crippen molar-refractivity contribution >= 4 is 74.1 Å². The first-order chi connectivity index (χ1) is 52.7. The number of ether oxygens (including phenoxy) is 12. The summed E-state index contributed by atoms with van der Waals surface area (Å²) in [6, 6.07) is 14.7. The van der Waals surface area contributed by atoms with Gasteiger partial charge >= 0.3 is 12.1 Å². The molecule has 0 fully saturated rings. The highest BCUT2D eigenvalue weighted by Crippen LogP contribution is 2.42. The lowest BCUT2D eigenvalue weighted by atomic mass is 9.85. The maximum absolute atomic E-state index is 14.3. The second-order valence-corrected chi connectivity index (χ2v) is 27.7. The zero-order valence-corrected chi connectivity index (χ0v) is 64.3. The fourth-order valence-corrected chi connectivity index (χ4v) is 12.8. The molecule has 0 spiro atoms. The van der Waals surface area contributed by atoms with Gasteiger partial charge in [-0.15, -0.1) is 5.10 Å². The van der Waals surface area contributed by atoms with Crippen LogP contribution < -0.4 is 32.6 Å². The number of methoxy groups -OCH3 is 1. The van der Waals surface area contributed by atoms with Gasteiger partial charge in [0.1, 0.15) is 45.1 Å². The number of fused-ring (bicyclic) bond motifs is 5. The summed E-state index contributed by atoms with van der Waals surface area (Å²) in [5.41, 5.74) is 9.16. The number of unbranched alkanes of at least 4 members (excludes halogenated alkanes) is 2. The number of anilines is 1. The molecule has 2 aliphatic heterocycles. The number of esters is 1. The molecule has 2 aromatic carbocycles. The number of aromatic nitrogens is 7. The summed E-state index contributed by atoms with van der Waals surface area (Å²) in [7, 11) is -2.04. The number of benzene rings is 2. The Balaban J connectivity index is 0.000000310. The highest BCUT2D eigenvalue weighted by Gasteiger charge is 2.51. The van der Waals surface area contributed by atoms with E-state index in [0.29, 0.717) is 130 Å². The minimum Gasteiger partial charge on any atom is -0.457 e. The first-order valence-corrected chi connectivity index (χ1v) is 38.7. The van der Waals surface area contributed by atoms with Gasteiger partial charge < -0.3 is 88.4 Å². The van der Waals surface area contributed by atoms with Gasteiger partial charge in [0.2, 0.25) is 39.3 Å². The van der Waals surface area contributed by atoms with Crippen molar-refractivity contribution < 1.29 is 94.0 Å². The molecule has 0 radical (unpaired) electrons. The molecule has 594 valence electrons. The number of nitrogens with zero attached hydrogens (tertiary/aromatic N) is 8. The lowest BCUT2D eigenvalue weighted by Gasteiger charge is -2.35. The summed E-state index contributed by atoms with van der Waals surface area (Å²) in [6.07, 6.45) is 12.5. The predicted octanol–water partition coefficient (Wildman–Crippen LogP) is 5.62. The predicted molar refractivity (Wildman–Crippen MR) is 397 cm³/mol. The third-order valence-electron chi connectivity index (χ3n) is 16.7. The van der Waals surface area contributed by atoms with Crippen LogP contribution in [0.4, 0.5) is 10.5 Å². The van der Waals surface area contributed by atoms with E-state index in [1.165, 1.54) is 29.4 Å². The minimum absolute atomic E-state index is 0.000808. The fraction of sp³-hybridized carbons (Fsp3) is 0.534. The van der Waals surface area contributed by atoms with Crippen molar-refractivity contribution in [1.29, 1.82) is 0 Å². The molecule has 0 saturated heterocycles. The molecule has 0 bridgehead atoms. The summed E-state index contributed by atoms with van der Waals surface area (Å²) in [4.78, 5) is 103. The van der Waals surface area contributed by atoms with E-state index in [-0.39, 0.29) is 134 Å². The zero-order chi connectivity index (χ0) is 78.4. The maximum Gasteiger partial charge on any atom is 0.510 e. The molecule has 36 heteroatoms. The Hall–Kier alpha value is -8.94. The summed E-state index contributed by atoms with van der Waals surface area (Å²) < 4.78 is 93.0.